The van der Waals surface area contributed by atoms with Gasteiger partial charge in [0.05, 0.1) is 5.69 Å². The van der Waals surface area contributed by atoms with Gasteiger partial charge in [0, 0.05) is 11.7 Å². The topological polar surface area (TPSA) is 48.0 Å². The number of rotatable bonds is 3. The molecule has 0 saturated heterocycles. The molecular formula is C13H20N2O. The van der Waals surface area contributed by atoms with Crippen LogP contribution in [0.25, 0.3) is 0 Å². The average Bonchev–Trinajstić information content (AvgIpc) is 2.77. The lowest BCUT2D eigenvalue weighted by molar-refractivity contribution is 0.482. The maximum Gasteiger partial charge on any atom is 0.274 e. The Morgan fingerprint density at radius 2 is 2.06 bits per heavy atom. The number of nitrogens with zero attached hydrogens (tertiary/aromatic N) is 1. The lowest BCUT2D eigenvalue weighted by atomic mass is 10.1. The first-order valence-electron chi connectivity index (χ1n) is 6.24. The van der Waals surface area contributed by atoms with E-state index in [4.69, 9.17) is 5.73 Å². The molecule has 3 nitrogen and oxygen atoms in total. The molecule has 1 fully saturated rings. The minimum atomic E-state index is 0.0119. The van der Waals surface area contributed by atoms with Gasteiger partial charge < -0.3 is 10.3 Å². The third kappa shape index (κ3) is 1.99. The number of nitrogen functional groups attached to an aromatic ring is 1. The predicted octanol–water partition coefficient (Wildman–Crippen LogP) is 2.50. The largest absolute Gasteiger partial charge is 0.394 e. The summed E-state index contributed by atoms with van der Waals surface area (Å²) in [4.78, 5) is 12.1. The summed E-state index contributed by atoms with van der Waals surface area (Å²) in [6.45, 7) is 2.14. The van der Waals surface area contributed by atoms with Gasteiger partial charge in [-0.2, -0.15) is 0 Å². The number of hydrogen-bond donors (Lipinski definition) is 1. The molecule has 0 unspecified atom stereocenters. The minimum absolute atomic E-state index is 0.0119. The zero-order valence-corrected chi connectivity index (χ0v) is 9.91. The van der Waals surface area contributed by atoms with Crippen molar-refractivity contribution in [1.29, 1.82) is 0 Å². The van der Waals surface area contributed by atoms with Crippen molar-refractivity contribution in [2.45, 2.75) is 51.5 Å². The van der Waals surface area contributed by atoms with Crippen molar-refractivity contribution in [3.8, 4) is 0 Å². The third-order valence-corrected chi connectivity index (χ3v) is 3.43. The third-order valence-electron chi connectivity index (χ3n) is 3.43. The molecule has 0 spiro atoms. The van der Waals surface area contributed by atoms with Crippen LogP contribution in [0.2, 0.25) is 0 Å². The Hall–Kier alpha value is -1.25. The summed E-state index contributed by atoms with van der Waals surface area (Å²) >= 11 is 0. The Balaban J connectivity index is 2.45. The van der Waals surface area contributed by atoms with Gasteiger partial charge in [-0.1, -0.05) is 26.2 Å². The first-order valence-corrected chi connectivity index (χ1v) is 6.24. The molecule has 3 heteroatoms. The van der Waals surface area contributed by atoms with Crippen molar-refractivity contribution in [2.75, 3.05) is 5.73 Å². The smallest absolute Gasteiger partial charge is 0.274 e. The second kappa shape index (κ2) is 4.73. The monoisotopic (exact) mass is 220 g/mol. The summed E-state index contributed by atoms with van der Waals surface area (Å²) in [6, 6.07) is 4.15. The van der Waals surface area contributed by atoms with E-state index in [2.05, 4.69) is 6.92 Å². The van der Waals surface area contributed by atoms with E-state index < -0.39 is 0 Å². The van der Waals surface area contributed by atoms with E-state index in [-0.39, 0.29) is 5.56 Å². The second-order valence-corrected chi connectivity index (χ2v) is 4.64. The number of anilines is 1. The fraction of sp³-hybridized carbons (Fsp3) is 0.615. The predicted molar refractivity (Wildman–Crippen MR) is 66.6 cm³/mol. The normalized spacial score (nSPS) is 16.8. The lowest BCUT2D eigenvalue weighted by Crippen LogP contribution is -2.28. The SMILES string of the molecule is CCCc1ccc(N)c(=O)n1C1CCCC1. The zero-order chi connectivity index (χ0) is 11.5. The highest BCUT2D eigenvalue weighted by atomic mass is 16.1. The molecule has 1 aliphatic rings. The van der Waals surface area contributed by atoms with Gasteiger partial charge in [0.1, 0.15) is 0 Å². The van der Waals surface area contributed by atoms with Crippen LogP contribution in [0.15, 0.2) is 16.9 Å². The summed E-state index contributed by atoms with van der Waals surface area (Å²) in [5.41, 5.74) is 7.26. The van der Waals surface area contributed by atoms with Crippen molar-refractivity contribution in [2.24, 2.45) is 0 Å². The number of hydrogen-bond acceptors (Lipinski definition) is 2. The van der Waals surface area contributed by atoms with Crippen LogP contribution in [0.1, 0.15) is 50.8 Å². The van der Waals surface area contributed by atoms with Crippen molar-refractivity contribution in [1.82, 2.24) is 4.57 Å². The van der Waals surface area contributed by atoms with E-state index in [9.17, 15) is 4.79 Å². The highest BCUT2D eigenvalue weighted by Crippen LogP contribution is 2.29. The Kier molecular flexibility index (Phi) is 3.32. The second-order valence-electron chi connectivity index (χ2n) is 4.64. The van der Waals surface area contributed by atoms with Gasteiger partial charge in [-0.05, 0) is 31.4 Å². The molecule has 0 aliphatic heterocycles. The van der Waals surface area contributed by atoms with Gasteiger partial charge >= 0.3 is 0 Å². The van der Waals surface area contributed by atoms with Crippen LogP contribution in [0.4, 0.5) is 5.69 Å². The molecule has 1 aliphatic carbocycles. The first kappa shape index (κ1) is 11.2. The highest BCUT2D eigenvalue weighted by Gasteiger charge is 2.20. The van der Waals surface area contributed by atoms with Crippen LogP contribution in [-0.2, 0) is 6.42 Å². The van der Waals surface area contributed by atoms with Gasteiger partial charge in [0.25, 0.3) is 5.56 Å². The van der Waals surface area contributed by atoms with Crippen LogP contribution < -0.4 is 11.3 Å². The highest BCUT2D eigenvalue weighted by molar-refractivity contribution is 5.36. The zero-order valence-electron chi connectivity index (χ0n) is 9.91. The van der Waals surface area contributed by atoms with E-state index in [1.54, 1.807) is 6.07 Å². The van der Waals surface area contributed by atoms with Gasteiger partial charge in [-0.3, -0.25) is 4.79 Å². The molecule has 1 aromatic rings. The minimum Gasteiger partial charge on any atom is -0.394 e. The average molecular weight is 220 g/mol. The van der Waals surface area contributed by atoms with E-state index in [0.29, 0.717) is 11.7 Å². The van der Waals surface area contributed by atoms with Crippen LogP contribution in [0.3, 0.4) is 0 Å². The maximum absolute atomic E-state index is 12.1. The molecule has 0 radical (unpaired) electrons. The van der Waals surface area contributed by atoms with E-state index in [0.717, 1.165) is 31.4 Å². The fourth-order valence-electron chi connectivity index (χ4n) is 2.63. The van der Waals surface area contributed by atoms with Crippen LogP contribution in [0, 0.1) is 0 Å². The summed E-state index contributed by atoms with van der Waals surface area (Å²) in [6.07, 6.45) is 6.75. The number of aryl methyl sites for hydroxylation is 1. The molecule has 2 rings (SSSR count). The summed E-state index contributed by atoms with van der Waals surface area (Å²) in [5, 5.41) is 0. The summed E-state index contributed by atoms with van der Waals surface area (Å²) in [5.74, 6) is 0. The number of aromatic nitrogens is 1. The Morgan fingerprint density at radius 3 is 2.69 bits per heavy atom. The Labute approximate surface area is 96.3 Å². The van der Waals surface area contributed by atoms with Crippen molar-refractivity contribution in [3.63, 3.8) is 0 Å². The molecule has 1 saturated carbocycles. The molecule has 1 aromatic heterocycles. The van der Waals surface area contributed by atoms with Crippen molar-refractivity contribution in [3.05, 3.63) is 28.2 Å². The quantitative estimate of drug-likeness (QED) is 0.850. The molecule has 0 bridgehead atoms. The maximum atomic E-state index is 12.1. The lowest BCUT2D eigenvalue weighted by Gasteiger charge is -2.19. The van der Waals surface area contributed by atoms with Crippen LogP contribution >= 0.6 is 0 Å². The first-order chi connectivity index (χ1) is 7.74. The molecule has 2 N–H and O–H groups in total. The molecular weight excluding hydrogens is 200 g/mol. The molecule has 0 aromatic carbocycles. The molecule has 16 heavy (non-hydrogen) atoms. The van der Waals surface area contributed by atoms with Crippen LogP contribution in [-0.4, -0.2) is 4.57 Å². The van der Waals surface area contributed by atoms with E-state index in [1.807, 2.05) is 10.6 Å². The number of nitrogens with two attached hydrogens (primary N) is 1. The van der Waals surface area contributed by atoms with Gasteiger partial charge in [0.15, 0.2) is 0 Å². The summed E-state index contributed by atoms with van der Waals surface area (Å²) in [7, 11) is 0. The summed E-state index contributed by atoms with van der Waals surface area (Å²) < 4.78 is 1.95. The molecule has 0 amide bonds. The Morgan fingerprint density at radius 1 is 1.38 bits per heavy atom. The van der Waals surface area contributed by atoms with E-state index in [1.165, 1.54) is 12.8 Å². The number of pyridine rings is 1. The molecule has 88 valence electrons. The van der Waals surface area contributed by atoms with E-state index >= 15 is 0 Å². The standard InChI is InChI=1S/C13H20N2O/c1-2-5-10-8-9-12(14)13(16)15(10)11-6-3-4-7-11/h8-9,11H,2-7,14H2,1H3. The van der Waals surface area contributed by atoms with Crippen molar-refractivity contribution >= 4 is 5.69 Å². The Bertz CT molecular complexity index is 416. The van der Waals surface area contributed by atoms with Crippen molar-refractivity contribution < 1.29 is 0 Å². The van der Waals surface area contributed by atoms with Crippen LogP contribution in [0.5, 0.6) is 0 Å². The fourth-order valence-corrected chi connectivity index (χ4v) is 2.63. The van der Waals surface area contributed by atoms with Gasteiger partial charge in [-0.15, -0.1) is 0 Å². The van der Waals surface area contributed by atoms with Gasteiger partial charge in [0.2, 0.25) is 0 Å². The molecule has 0 atom stereocenters. The van der Waals surface area contributed by atoms with Gasteiger partial charge in [-0.25, -0.2) is 0 Å². The molecule has 1 heterocycles.